The smallest absolute Gasteiger partial charge is 0.321 e. The normalized spacial score (nSPS) is 19.7. The van der Waals surface area contributed by atoms with Gasteiger partial charge < -0.3 is 20.3 Å². The number of pyridine rings is 1. The summed E-state index contributed by atoms with van der Waals surface area (Å²) in [7, 11) is 4.08. The maximum Gasteiger partial charge on any atom is 0.321 e. The number of anilines is 1. The Morgan fingerprint density at radius 3 is 2.40 bits per heavy atom. The lowest BCUT2D eigenvalue weighted by Gasteiger charge is -2.36. The highest BCUT2D eigenvalue weighted by molar-refractivity contribution is 5.94. The Morgan fingerprint density at radius 2 is 1.73 bits per heavy atom. The summed E-state index contributed by atoms with van der Waals surface area (Å²) in [6.45, 7) is 12.6. The van der Waals surface area contributed by atoms with E-state index < -0.39 is 29.0 Å². The molecular formula is C39H49N9O4. The number of carbonyl (C=O) groups is 3. The van der Waals surface area contributed by atoms with Gasteiger partial charge in [0.2, 0.25) is 5.82 Å². The van der Waals surface area contributed by atoms with Crippen molar-refractivity contribution < 1.29 is 19.1 Å². The van der Waals surface area contributed by atoms with E-state index >= 15 is 0 Å². The van der Waals surface area contributed by atoms with E-state index in [0.29, 0.717) is 41.0 Å². The fourth-order valence-electron chi connectivity index (χ4n) is 6.97. The molecule has 52 heavy (non-hydrogen) atoms. The van der Waals surface area contributed by atoms with E-state index in [1.54, 1.807) is 24.3 Å². The summed E-state index contributed by atoms with van der Waals surface area (Å²) in [5.74, 6) is 1.07. The van der Waals surface area contributed by atoms with Crippen molar-refractivity contribution in [1.29, 1.82) is 0 Å². The maximum atomic E-state index is 13.7. The molecule has 0 aliphatic heterocycles. The Bertz CT molecular complexity index is 2020. The van der Waals surface area contributed by atoms with Gasteiger partial charge in [0.1, 0.15) is 29.0 Å². The predicted octanol–water partition coefficient (Wildman–Crippen LogP) is 5.62. The zero-order chi connectivity index (χ0) is 37.5. The van der Waals surface area contributed by atoms with Crippen LogP contribution in [0, 0.1) is 0 Å². The quantitative estimate of drug-likeness (QED) is 0.148. The molecular weight excluding hydrogens is 658 g/mol. The molecule has 1 aromatic carbocycles. The molecule has 0 spiro atoms. The summed E-state index contributed by atoms with van der Waals surface area (Å²) in [5, 5.41) is 17.3. The van der Waals surface area contributed by atoms with E-state index in [-0.39, 0.29) is 22.6 Å². The lowest BCUT2D eigenvalue weighted by molar-refractivity contribution is -0.111. The number of fused-ring (bicyclic) bond motifs is 2. The van der Waals surface area contributed by atoms with Crippen LogP contribution in [-0.4, -0.2) is 73.9 Å². The third-order valence-electron chi connectivity index (χ3n) is 10.1. The molecule has 0 radical (unpaired) electrons. The van der Waals surface area contributed by atoms with Gasteiger partial charge >= 0.3 is 6.03 Å². The minimum absolute atomic E-state index is 0.0399. The topological polar surface area (TPSA) is 156 Å². The van der Waals surface area contributed by atoms with Gasteiger partial charge in [-0.05, 0) is 56.8 Å². The van der Waals surface area contributed by atoms with E-state index in [0.717, 1.165) is 31.5 Å². The van der Waals surface area contributed by atoms with Crippen molar-refractivity contribution in [2.75, 3.05) is 26.0 Å². The number of amides is 3. The van der Waals surface area contributed by atoms with Gasteiger partial charge in [0, 0.05) is 34.5 Å². The number of urea groups is 1. The molecule has 0 saturated heterocycles. The van der Waals surface area contributed by atoms with Gasteiger partial charge in [-0.1, -0.05) is 78.6 Å². The van der Waals surface area contributed by atoms with Gasteiger partial charge in [0.05, 0.1) is 11.9 Å². The Morgan fingerprint density at radius 1 is 1.00 bits per heavy atom. The molecule has 2 aliphatic carbocycles. The Balaban J connectivity index is 1.23. The molecule has 13 nitrogen and oxygen atoms in total. The number of hydrogen-bond donors (Lipinski definition) is 3. The lowest BCUT2D eigenvalue weighted by Crippen LogP contribution is -2.51. The molecule has 2 atom stereocenters. The number of nitrogens with one attached hydrogen (secondary N) is 3. The molecule has 3 amide bonds. The summed E-state index contributed by atoms with van der Waals surface area (Å²) in [6.07, 6.45) is 9.61. The summed E-state index contributed by atoms with van der Waals surface area (Å²) in [6, 6.07) is 12.0. The van der Waals surface area contributed by atoms with Crippen LogP contribution in [0.25, 0.3) is 5.65 Å². The Labute approximate surface area is 304 Å². The van der Waals surface area contributed by atoms with Gasteiger partial charge in [-0.25, -0.2) is 14.8 Å². The molecule has 4 aromatic rings. The van der Waals surface area contributed by atoms with Gasteiger partial charge in [-0.2, -0.15) is 0 Å². The summed E-state index contributed by atoms with van der Waals surface area (Å²) in [5.41, 5.74) is 0.274. The number of ether oxygens (including phenoxy) is 1. The second-order valence-corrected chi connectivity index (χ2v) is 16.1. The molecule has 6 rings (SSSR count). The fourth-order valence-corrected chi connectivity index (χ4v) is 6.97. The first kappa shape index (κ1) is 36.6. The van der Waals surface area contributed by atoms with Crippen molar-refractivity contribution in [3.8, 4) is 5.75 Å². The number of aromatic nitrogens is 5. The Hall–Kier alpha value is -5.17. The maximum absolute atomic E-state index is 13.7. The second kappa shape index (κ2) is 13.8. The van der Waals surface area contributed by atoms with Crippen LogP contribution in [0.1, 0.15) is 107 Å². The van der Waals surface area contributed by atoms with Gasteiger partial charge in [-0.15, -0.1) is 10.2 Å². The van der Waals surface area contributed by atoms with Crippen LogP contribution in [0.3, 0.4) is 0 Å². The first-order valence-corrected chi connectivity index (χ1v) is 17.7. The van der Waals surface area contributed by atoms with E-state index in [1.807, 2.05) is 75.8 Å². The van der Waals surface area contributed by atoms with Crippen molar-refractivity contribution in [3.63, 3.8) is 0 Å². The average molecular weight is 708 g/mol. The number of hydrogen-bond acceptors (Lipinski definition) is 9. The molecule has 13 heteroatoms. The van der Waals surface area contributed by atoms with Gasteiger partial charge in [0.15, 0.2) is 11.9 Å². The number of nitrogens with zero attached hydrogens (tertiary/aromatic N) is 6. The molecule has 1 saturated carbocycles. The molecule has 274 valence electrons. The second-order valence-electron chi connectivity index (χ2n) is 16.1. The van der Waals surface area contributed by atoms with Crippen LogP contribution in [0.5, 0.6) is 5.75 Å². The van der Waals surface area contributed by atoms with E-state index in [1.165, 1.54) is 0 Å². The summed E-state index contributed by atoms with van der Waals surface area (Å²) >= 11 is 0. The number of aldehydes is 1. The number of carbonyl (C=O) groups excluding carboxylic acids is 3. The molecule has 1 fully saturated rings. The highest BCUT2D eigenvalue weighted by Crippen LogP contribution is 2.38. The summed E-state index contributed by atoms with van der Waals surface area (Å²) < 4.78 is 8.37. The molecule has 0 bridgehead atoms. The predicted molar refractivity (Wildman–Crippen MR) is 198 cm³/mol. The Kier molecular flexibility index (Phi) is 9.69. The number of likely N-dealkylation sites (N-methyl/N-ethyl adjacent to an activating group) is 1. The van der Waals surface area contributed by atoms with Gasteiger partial charge in [-0.3, -0.25) is 19.3 Å². The lowest BCUT2D eigenvalue weighted by atomic mass is 9.81. The van der Waals surface area contributed by atoms with Crippen LogP contribution in [0.4, 0.5) is 10.6 Å². The first-order valence-electron chi connectivity index (χ1n) is 17.7. The fraction of sp³-hybridized carbons (Fsp3) is 0.462. The average Bonchev–Trinajstić information content (AvgIpc) is 3.76. The number of rotatable bonds is 9. The van der Waals surface area contributed by atoms with E-state index in [2.05, 4.69) is 61.8 Å². The zero-order valence-electron chi connectivity index (χ0n) is 31.3. The van der Waals surface area contributed by atoms with Gasteiger partial charge in [0.25, 0.3) is 5.91 Å². The largest absolute Gasteiger partial charge is 0.480 e. The molecule has 3 heterocycles. The third kappa shape index (κ3) is 7.27. The molecule has 3 aromatic heterocycles. The van der Waals surface area contributed by atoms with Crippen LogP contribution in [0.2, 0.25) is 0 Å². The van der Waals surface area contributed by atoms with Crippen LogP contribution in [-0.2, 0) is 21.2 Å². The first-order chi connectivity index (χ1) is 24.5. The standard InChI is InChI=1S/C39H49N9O4/c1-36(2,3)29-21-30(42-32(41-29)33(50)40-23-38(47(7)8)18-11-12-19-38)43-35(51)44-39(24-49)20-17-28(26-13-9-10-14-27(26)39)52-25-15-16-31-45-46-34(37(4,5)6)48(31)22-25/h9-10,13-17,20-22,24,28H,11-12,18-19,23H2,1-8H3,(H,40,50)(H2,41,42,43,44,51)/t28-,39-/m1/s1. The molecule has 0 unspecified atom stereocenters. The van der Waals surface area contributed by atoms with E-state index in [4.69, 9.17) is 4.74 Å². The highest BCUT2D eigenvalue weighted by atomic mass is 16.5. The zero-order valence-corrected chi connectivity index (χ0v) is 31.3. The minimum Gasteiger partial charge on any atom is -0.480 e. The SMILES string of the molecule is CN(C)C1(CNC(=O)c2nc(NC(=O)N[C@@]3(C=O)C=C[C@@H](Oc4ccc5nnc(C(C)(C)C)n5c4)c4ccccc43)cc(C(C)(C)C)n2)CCCC1. The van der Waals surface area contributed by atoms with Crippen LogP contribution < -0.4 is 20.7 Å². The van der Waals surface area contributed by atoms with Crippen molar-refractivity contribution in [1.82, 2.24) is 40.1 Å². The van der Waals surface area contributed by atoms with Crippen LogP contribution >= 0.6 is 0 Å². The third-order valence-corrected chi connectivity index (χ3v) is 10.1. The molecule has 2 aliphatic rings. The van der Waals surface area contributed by atoms with Crippen molar-refractivity contribution >= 4 is 29.7 Å². The highest BCUT2D eigenvalue weighted by Gasteiger charge is 2.39. The van der Waals surface area contributed by atoms with E-state index in [9.17, 15) is 14.4 Å². The minimum atomic E-state index is -1.50. The monoisotopic (exact) mass is 707 g/mol. The van der Waals surface area contributed by atoms with Crippen molar-refractivity contribution in [2.24, 2.45) is 0 Å². The summed E-state index contributed by atoms with van der Waals surface area (Å²) in [4.78, 5) is 51.2. The van der Waals surface area contributed by atoms with Crippen LogP contribution in [0.15, 0.2) is 60.8 Å². The molecule has 3 N–H and O–H groups in total. The van der Waals surface area contributed by atoms with Crippen molar-refractivity contribution in [3.05, 3.63) is 89.3 Å². The van der Waals surface area contributed by atoms with Crippen molar-refractivity contribution in [2.45, 2.75) is 95.2 Å². The number of benzene rings is 1.